The molecule has 0 bridgehead atoms. The summed E-state index contributed by atoms with van der Waals surface area (Å²) in [6, 6.07) is 0. The fourth-order valence-corrected chi connectivity index (χ4v) is 2.90. The van der Waals surface area contributed by atoms with Crippen LogP contribution in [0.4, 0.5) is 52.7 Å². The lowest BCUT2D eigenvalue weighted by Crippen LogP contribution is -2.46. The maximum atomic E-state index is 12.4. The molecule has 360 valence electrons. The highest BCUT2D eigenvalue weighted by atomic mass is 19.4. The molecule has 0 aliphatic heterocycles. The average molecular weight is 905 g/mol. The van der Waals surface area contributed by atoms with E-state index in [0.29, 0.717) is 25.7 Å². The zero-order valence-electron chi connectivity index (χ0n) is 38.0. The Morgan fingerprint density at radius 1 is 0.450 bits per heavy atom. The number of alkyl halides is 12. The first-order chi connectivity index (χ1) is 26.3. The standard InChI is InChI=1S/C11H19F3O2.2C10H17F3O2.C9H15F3O2/c1-5-8(7-11(12,13)14)16-9(15)10(3,4)6-2;1-6-8(2,3)7(14)15-9(4,5)10(11,12)13;1-5-7(10(11,12)13)15-8(14)9(3,4)6-2;1-5-8(3,4)7(13)14-6(2)9(10,11)12/h8H,5-7H2,1-4H3;6H2,1-5H3;7H,5-6H2,1-4H3;6H,5H2,1-4H3. The van der Waals surface area contributed by atoms with Gasteiger partial charge in [-0.2, -0.15) is 52.7 Å². The maximum absolute atomic E-state index is 12.4. The largest absolute Gasteiger partial charge is 0.462 e. The SMILES string of the molecule is CCC(C)(C)C(=O)OC(C)(C)C(F)(F)F.CCC(C)(C)C(=O)OC(C)C(F)(F)F.CCC(CC(F)(F)F)OC(=O)C(C)(C)CC.CCC(OC(=O)C(C)(C)CC)C(F)(F)F. The monoisotopic (exact) mass is 904 g/mol. The highest BCUT2D eigenvalue weighted by molar-refractivity contribution is 5.77. The van der Waals surface area contributed by atoms with E-state index in [2.05, 4.69) is 14.2 Å². The lowest BCUT2D eigenvalue weighted by Gasteiger charge is -2.31. The van der Waals surface area contributed by atoms with E-state index in [-0.39, 0.29) is 12.8 Å². The Morgan fingerprint density at radius 3 is 1.02 bits per heavy atom. The molecule has 0 fully saturated rings. The molecule has 0 spiro atoms. The Labute approximate surface area is 347 Å². The first-order valence-corrected chi connectivity index (χ1v) is 19.5. The molecular weight excluding hydrogens is 836 g/mol. The summed E-state index contributed by atoms with van der Waals surface area (Å²) in [6.45, 7) is 25.1. The van der Waals surface area contributed by atoms with Crippen LogP contribution in [0.1, 0.15) is 163 Å². The second-order valence-electron chi connectivity index (χ2n) is 17.0. The number of halogens is 12. The van der Waals surface area contributed by atoms with Gasteiger partial charge in [-0.3, -0.25) is 19.2 Å². The summed E-state index contributed by atoms with van der Waals surface area (Å²) in [5.74, 6) is -3.00. The van der Waals surface area contributed by atoms with Crippen molar-refractivity contribution in [2.45, 2.75) is 211 Å². The Hall–Kier alpha value is -2.96. The summed E-state index contributed by atoms with van der Waals surface area (Å²) >= 11 is 0. The maximum Gasteiger partial charge on any atom is 0.427 e. The highest BCUT2D eigenvalue weighted by Crippen LogP contribution is 2.36. The minimum atomic E-state index is -4.55. The van der Waals surface area contributed by atoms with Crippen LogP contribution in [0.25, 0.3) is 0 Å². The topological polar surface area (TPSA) is 105 Å². The Kier molecular flexibility index (Phi) is 26.1. The van der Waals surface area contributed by atoms with Crippen molar-refractivity contribution in [2.24, 2.45) is 21.7 Å². The van der Waals surface area contributed by atoms with E-state index < -0.39 is 101 Å². The van der Waals surface area contributed by atoms with Crippen LogP contribution in [0.2, 0.25) is 0 Å². The number of rotatable bonds is 15. The molecule has 3 atom stereocenters. The van der Waals surface area contributed by atoms with E-state index >= 15 is 0 Å². The zero-order chi connectivity index (χ0) is 49.3. The van der Waals surface area contributed by atoms with Gasteiger partial charge in [0.25, 0.3) is 0 Å². The molecule has 0 aromatic heterocycles. The number of esters is 4. The molecule has 0 radical (unpaired) electrons. The summed E-state index contributed by atoms with van der Waals surface area (Å²) < 4.78 is 165. The van der Waals surface area contributed by atoms with Gasteiger partial charge in [-0.25, -0.2) is 0 Å². The van der Waals surface area contributed by atoms with Crippen molar-refractivity contribution in [3.8, 4) is 0 Å². The molecule has 0 rings (SSSR count). The number of carbonyl (C=O) groups is 4. The minimum absolute atomic E-state index is 0.172. The Bertz CT molecular complexity index is 1300. The zero-order valence-corrected chi connectivity index (χ0v) is 38.0. The molecule has 8 nitrogen and oxygen atoms in total. The quantitative estimate of drug-likeness (QED) is 0.0909. The van der Waals surface area contributed by atoms with E-state index in [1.54, 1.807) is 90.0 Å². The first kappa shape index (κ1) is 63.7. The third-order valence-electron chi connectivity index (χ3n) is 9.69. The van der Waals surface area contributed by atoms with E-state index in [4.69, 9.17) is 4.74 Å². The third kappa shape index (κ3) is 25.1. The van der Waals surface area contributed by atoms with E-state index in [9.17, 15) is 71.9 Å². The van der Waals surface area contributed by atoms with Crippen LogP contribution in [-0.2, 0) is 38.1 Å². The van der Waals surface area contributed by atoms with Gasteiger partial charge in [-0.1, -0.05) is 41.5 Å². The summed E-state index contributed by atoms with van der Waals surface area (Å²) in [4.78, 5) is 45.6. The van der Waals surface area contributed by atoms with Crippen LogP contribution in [0.15, 0.2) is 0 Å². The number of hydrogen-bond acceptors (Lipinski definition) is 8. The van der Waals surface area contributed by atoms with Gasteiger partial charge in [0.2, 0.25) is 5.60 Å². The predicted octanol–water partition coefficient (Wildman–Crippen LogP) is 13.2. The van der Waals surface area contributed by atoms with Crippen LogP contribution in [0, 0.1) is 21.7 Å². The number of hydrogen-bond donors (Lipinski definition) is 0. The molecule has 0 saturated carbocycles. The smallest absolute Gasteiger partial charge is 0.427 e. The summed E-state index contributed by atoms with van der Waals surface area (Å²) in [7, 11) is 0. The van der Waals surface area contributed by atoms with Crippen LogP contribution in [0.5, 0.6) is 0 Å². The van der Waals surface area contributed by atoms with E-state index in [0.717, 1.165) is 20.8 Å². The molecule has 3 unspecified atom stereocenters. The van der Waals surface area contributed by atoms with Crippen molar-refractivity contribution in [2.75, 3.05) is 0 Å². The first-order valence-electron chi connectivity index (χ1n) is 19.5. The van der Waals surface area contributed by atoms with Crippen molar-refractivity contribution in [1.29, 1.82) is 0 Å². The van der Waals surface area contributed by atoms with Crippen molar-refractivity contribution >= 4 is 23.9 Å². The molecule has 0 N–H and O–H groups in total. The van der Waals surface area contributed by atoms with Crippen molar-refractivity contribution < 1.29 is 90.8 Å². The van der Waals surface area contributed by atoms with Gasteiger partial charge >= 0.3 is 48.6 Å². The summed E-state index contributed by atoms with van der Waals surface area (Å²) in [6.07, 6.45) is -22.2. The van der Waals surface area contributed by atoms with Crippen LogP contribution in [-0.4, -0.2) is 72.5 Å². The van der Waals surface area contributed by atoms with E-state index in [1.807, 2.05) is 0 Å². The molecule has 0 aromatic carbocycles. The average Bonchev–Trinajstić information content (AvgIpc) is 3.08. The Balaban J connectivity index is -0.000000349. The van der Waals surface area contributed by atoms with Gasteiger partial charge in [-0.15, -0.1) is 0 Å². The van der Waals surface area contributed by atoms with Crippen LogP contribution < -0.4 is 0 Å². The van der Waals surface area contributed by atoms with Crippen molar-refractivity contribution in [1.82, 2.24) is 0 Å². The third-order valence-corrected chi connectivity index (χ3v) is 9.69. The van der Waals surface area contributed by atoms with Crippen molar-refractivity contribution in [3.63, 3.8) is 0 Å². The molecule has 0 aliphatic rings. The van der Waals surface area contributed by atoms with Crippen molar-refractivity contribution in [3.05, 3.63) is 0 Å². The summed E-state index contributed by atoms with van der Waals surface area (Å²) in [5.41, 5.74) is -5.77. The van der Waals surface area contributed by atoms with Gasteiger partial charge in [0.1, 0.15) is 6.10 Å². The molecule has 20 heteroatoms. The number of ether oxygens (including phenoxy) is 4. The second-order valence-corrected chi connectivity index (χ2v) is 17.0. The molecule has 0 saturated heterocycles. The molecule has 0 amide bonds. The molecule has 60 heavy (non-hydrogen) atoms. The van der Waals surface area contributed by atoms with Crippen LogP contribution in [0.3, 0.4) is 0 Å². The van der Waals surface area contributed by atoms with Gasteiger partial charge < -0.3 is 18.9 Å². The molecular formula is C40H68F12O8. The predicted molar refractivity (Wildman–Crippen MR) is 201 cm³/mol. The Morgan fingerprint density at radius 2 is 0.767 bits per heavy atom. The molecule has 0 heterocycles. The molecule has 0 aromatic rings. The minimum Gasteiger partial charge on any atom is -0.462 e. The lowest BCUT2D eigenvalue weighted by molar-refractivity contribution is -0.261. The van der Waals surface area contributed by atoms with Gasteiger partial charge in [-0.05, 0) is 115 Å². The van der Waals surface area contributed by atoms with E-state index in [1.165, 1.54) is 6.92 Å². The van der Waals surface area contributed by atoms with Crippen LogP contribution >= 0.6 is 0 Å². The molecule has 0 aliphatic carbocycles. The van der Waals surface area contributed by atoms with Gasteiger partial charge in [0.05, 0.1) is 28.1 Å². The lowest BCUT2D eigenvalue weighted by atomic mass is 9.90. The number of carbonyl (C=O) groups excluding carboxylic acids is 4. The fourth-order valence-electron chi connectivity index (χ4n) is 2.90. The van der Waals surface area contributed by atoms with Gasteiger partial charge in [0, 0.05) is 0 Å². The fraction of sp³-hybridized carbons (Fsp3) is 0.900. The van der Waals surface area contributed by atoms with Gasteiger partial charge in [0.15, 0.2) is 12.2 Å². The summed E-state index contributed by atoms with van der Waals surface area (Å²) in [5, 5.41) is 0. The normalized spacial score (nSPS) is 14.6. The second kappa shape index (κ2) is 24.6. The highest BCUT2D eigenvalue weighted by Gasteiger charge is 2.52.